The maximum Gasteiger partial charge on any atom is 0.342 e. The van der Waals surface area contributed by atoms with Crippen LogP contribution in [0.3, 0.4) is 0 Å². The number of rotatable bonds is 6. The summed E-state index contributed by atoms with van der Waals surface area (Å²) >= 11 is 0. The summed E-state index contributed by atoms with van der Waals surface area (Å²) in [5, 5.41) is 0. The molecule has 7 nitrogen and oxygen atoms in total. The number of aryl methyl sites for hydroxylation is 1. The number of nitrogens with zero attached hydrogens (tertiary/aromatic N) is 1. The minimum atomic E-state index is -3.19. The Morgan fingerprint density at radius 2 is 1.86 bits per heavy atom. The van der Waals surface area contributed by atoms with E-state index in [1.165, 1.54) is 12.0 Å². The highest BCUT2D eigenvalue weighted by atomic mass is 32.2. The summed E-state index contributed by atoms with van der Waals surface area (Å²) in [6.45, 7) is 1.33. The lowest BCUT2D eigenvalue weighted by Crippen LogP contribution is -2.43. The largest absolute Gasteiger partial charge is 0.496 e. The van der Waals surface area contributed by atoms with Crippen molar-refractivity contribution in [1.29, 1.82) is 0 Å². The van der Waals surface area contributed by atoms with Crippen molar-refractivity contribution in [3.05, 3.63) is 59.7 Å². The van der Waals surface area contributed by atoms with Crippen molar-refractivity contribution in [2.24, 2.45) is 0 Å². The molecule has 2 aromatic carbocycles. The lowest BCUT2D eigenvalue weighted by molar-refractivity contribution is -0.122. The van der Waals surface area contributed by atoms with Crippen molar-refractivity contribution in [1.82, 2.24) is 0 Å². The number of para-hydroxylation sites is 1. The van der Waals surface area contributed by atoms with Gasteiger partial charge in [-0.3, -0.25) is 4.79 Å². The van der Waals surface area contributed by atoms with Crippen LogP contribution in [-0.4, -0.2) is 51.6 Å². The van der Waals surface area contributed by atoms with Gasteiger partial charge in [-0.2, -0.15) is 0 Å². The van der Waals surface area contributed by atoms with E-state index in [2.05, 4.69) is 0 Å². The van der Waals surface area contributed by atoms with Gasteiger partial charge in [-0.25, -0.2) is 13.2 Å². The van der Waals surface area contributed by atoms with Crippen LogP contribution in [0.2, 0.25) is 0 Å². The van der Waals surface area contributed by atoms with Crippen LogP contribution in [0.5, 0.6) is 5.75 Å². The number of hydrogen-bond acceptors (Lipinski definition) is 6. The molecule has 1 heterocycles. The Labute approximate surface area is 170 Å². The van der Waals surface area contributed by atoms with Gasteiger partial charge in [0, 0.05) is 5.69 Å². The molecule has 1 aliphatic rings. The highest BCUT2D eigenvalue weighted by Gasteiger charge is 2.35. The van der Waals surface area contributed by atoms with Crippen molar-refractivity contribution in [2.45, 2.75) is 19.4 Å². The fourth-order valence-corrected chi connectivity index (χ4v) is 5.08. The molecule has 0 unspecified atom stereocenters. The zero-order chi connectivity index (χ0) is 21.0. The molecule has 8 heteroatoms. The number of esters is 1. The number of hydrogen-bond donors (Lipinski definition) is 0. The number of carbonyl (C=O) groups is 2. The molecule has 0 bridgehead atoms. The molecule has 154 valence electrons. The quantitative estimate of drug-likeness (QED) is 0.671. The maximum atomic E-state index is 12.9. The third-order valence-corrected chi connectivity index (χ3v) is 6.53. The summed E-state index contributed by atoms with van der Waals surface area (Å²) in [4.78, 5) is 26.8. The van der Waals surface area contributed by atoms with E-state index < -0.39 is 34.4 Å². The topological polar surface area (TPSA) is 90.0 Å². The Bertz CT molecular complexity index is 1000. The van der Waals surface area contributed by atoms with Gasteiger partial charge in [0.1, 0.15) is 11.3 Å². The molecule has 2 aromatic rings. The number of anilines is 1. The van der Waals surface area contributed by atoms with Crippen molar-refractivity contribution in [2.75, 3.05) is 30.1 Å². The van der Waals surface area contributed by atoms with E-state index in [1.54, 1.807) is 42.5 Å². The predicted molar refractivity (Wildman–Crippen MR) is 109 cm³/mol. The van der Waals surface area contributed by atoms with Gasteiger partial charge in [-0.05, 0) is 37.6 Å². The molecular formula is C21H23NO6S. The van der Waals surface area contributed by atoms with Crippen molar-refractivity contribution in [3.63, 3.8) is 0 Å². The number of ether oxygens (including phenoxy) is 2. The Morgan fingerprint density at radius 1 is 1.14 bits per heavy atom. The van der Waals surface area contributed by atoms with E-state index in [-0.39, 0.29) is 17.1 Å². The molecule has 1 aliphatic heterocycles. The standard InChI is InChI=1S/C21H23NO6S/c1-15-8-9-19(27-2)18(12-15)21(24)28-13-20(23)22(16-6-4-3-5-7-16)17-10-11-29(25,26)14-17/h3-9,12,17H,10-11,13-14H2,1-2H3/t17-/m1/s1. The van der Waals surface area contributed by atoms with Gasteiger partial charge in [-0.15, -0.1) is 0 Å². The molecule has 1 saturated heterocycles. The van der Waals surface area contributed by atoms with Crippen LogP contribution in [0.15, 0.2) is 48.5 Å². The van der Waals surface area contributed by atoms with Gasteiger partial charge in [0.05, 0.1) is 24.7 Å². The van der Waals surface area contributed by atoms with Gasteiger partial charge in [0.2, 0.25) is 0 Å². The minimum Gasteiger partial charge on any atom is -0.496 e. The molecule has 0 saturated carbocycles. The van der Waals surface area contributed by atoms with Crippen LogP contribution in [0.25, 0.3) is 0 Å². The number of carbonyl (C=O) groups excluding carboxylic acids is 2. The molecule has 0 aromatic heterocycles. The number of benzene rings is 2. The van der Waals surface area contributed by atoms with Crippen molar-refractivity contribution < 1.29 is 27.5 Å². The minimum absolute atomic E-state index is 0.0363. The molecule has 0 N–H and O–H groups in total. The molecule has 0 aliphatic carbocycles. The fourth-order valence-electron chi connectivity index (χ4n) is 3.38. The van der Waals surface area contributed by atoms with Gasteiger partial charge in [0.25, 0.3) is 5.91 Å². The summed E-state index contributed by atoms with van der Waals surface area (Å²) in [5.41, 5.74) is 1.66. The van der Waals surface area contributed by atoms with E-state index in [9.17, 15) is 18.0 Å². The smallest absolute Gasteiger partial charge is 0.342 e. The van der Waals surface area contributed by atoms with Gasteiger partial charge in [-0.1, -0.05) is 29.8 Å². The molecule has 1 fully saturated rings. The average Bonchev–Trinajstić information content (AvgIpc) is 3.06. The highest BCUT2D eigenvalue weighted by molar-refractivity contribution is 7.91. The Kier molecular flexibility index (Phi) is 6.22. The molecule has 1 atom stereocenters. The molecule has 0 radical (unpaired) electrons. The zero-order valence-electron chi connectivity index (χ0n) is 16.3. The van der Waals surface area contributed by atoms with Crippen LogP contribution >= 0.6 is 0 Å². The summed E-state index contributed by atoms with van der Waals surface area (Å²) in [7, 11) is -1.74. The number of amides is 1. The average molecular weight is 417 g/mol. The van der Waals surface area contributed by atoms with E-state index >= 15 is 0 Å². The first kappa shape index (κ1) is 20.9. The predicted octanol–water partition coefficient (Wildman–Crippen LogP) is 2.38. The lowest BCUT2D eigenvalue weighted by atomic mass is 10.1. The first-order valence-corrected chi connectivity index (χ1v) is 11.0. The molecule has 1 amide bonds. The zero-order valence-corrected chi connectivity index (χ0v) is 17.1. The molecular weight excluding hydrogens is 394 g/mol. The van der Waals surface area contributed by atoms with Crippen molar-refractivity contribution in [3.8, 4) is 5.75 Å². The normalized spacial score (nSPS) is 17.5. The second-order valence-electron chi connectivity index (χ2n) is 6.94. The molecule has 29 heavy (non-hydrogen) atoms. The van der Waals surface area contributed by atoms with Crippen LogP contribution in [0.1, 0.15) is 22.3 Å². The van der Waals surface area contributed by atoms with Gasteiger partial charge >= 0.3 is 5.97 Å². The fraction of sp³-hybridized carbons (Fsp3) is 0.333. The lowest BCUT2D eigenvalue weighted by Gasteiger charge is -2.28. The molecule has 3 rings (SSSR count). The van der Waals surface area contributed by atoms with Gasteiger partial charge < -0.3 is 14.4 Å². The Morgan fingerprint density at radius 3 is 2.48 bits per heavy atom. The summed E-state index contributed by atoms with van der Waals surface area (Å²) in [6.07, 6.45) is 0.350. The van der Waals surface area contributed by atoms with E-state index in [0.29, 0.717) is 17.9 Å². The van der Waals surface area contributed by atoms with E-state index in [4.69, 9.17) is 9.47 Å². The highest BCUT2D eigenvalue weighted by Crippen LogP contribution is 2.25. The second-order valence-corrected chi connectivity index (χ2v) is 9.16. The number of methoxy groups -OCH3 is 1. The third-order valence-electron chi connectivity index (χ3n) is 4.78. The Balaban J connectivity index is 1.77. The van der Waals surface area contributed by atoms with Gasteiger partial charge in [0.15, 0.2) is 16.4 Å². The SMILES string of the molecule is COc1ccc(C)cc1C(=O)OCC(=O)N(c1ccccc1)[C@@H]1CCS(=O)(=O)C1. The Hall–Kier alpha value is -2.87. The summed E-state index contributed by atoms with van der Waals surface area (Å²) < 4.78 is 34.3. The number of sulfone groups is 1. The molecule has 0 spiro atoms. The van der Waals surface area contributed by atoms with Crippen LogP contribution < -0.4 is 9.64 Å². The third kappa shape index (κ3) is 4.95. The first-order valence-electron chi connectivity index (χ1n) is 9.20. The first-order chi connectivity index (χ1) is 13.8. The van der Waals surface area contributed by atoms with E-state index in [0.717, 1.165) is 5.56 Å². The van der Waals surface area contributed by atoms with Crippen LogP contribution in [0.4, 0.5) is 5.69 Å². The van der Waals surface area contributed by atoms with E-state index in [1.807, 2.05) is 13.0 Å². The summed E-state index contributed by atoms with van der Waals surface area (Å²) in [6, 6.07) is 13.4. The van der Waals surface area contributed by atoms with Crippen molar-refractivity contribution >= 4 is 27.4 Å². The van der Waals surface area contributed by atoms with Crippen LogP contribution in [-0.2, 0) is 19.4 Å². The monoisotopic (exact) mass is 417 g/mol. The second kappa shape index (κ2) is 8.65. The van der Waals surface area contributed by atoms with Crippen LogP contribution in [0, 0.1) is 6.92 Å². The maximum absolute atomic E-state index is 12.9. The summed E-state index contributed by atoms with van der Waals surface area (Å²) in [5.74, 6) is -0.860.